The van der Waals surface area contributed by atoms with Gasteiger partial charge in [-0.15, -0.1) is 11.3 Å². The summed E-state index contributed by atoms with van der Waals surface area (Å²) in [6.45, 7) is 4.46. The van der Waals surface area contributed by atoms with Crippen molar-refractivity contribution in [3.8, 4) is 11.3 Å². The third-order valence-corrected chi connectivity index (χ3v) is 6.57. The number of aromatic nitrogens is 3. The number of nitrogens with one attached hydrogen (secondary N) is 1. The van der Waals surface area contributed by atoms with E-state index in [4.69, 9.17) is 4.74 Å². The van der Waals surface area contributed by atoms with E-state index < -0.39 is 35.3 Å². The number of benzene rings is 1. The zero-order valence-electron chi connectivity index (χ0n) is 19.6. The highest BCUT2D eigenvalue weighted by Crippen LogP contribution is 2.35. The number of carbonyl (C=O) groups is 3. The number of ether oxygens (including phenoxy) is 1. The van der Waals surface area contributed by atoms with E-state index in [1.54, 1.807) is 6.92 Å². The summed E-state index contributed by atoms with van der Waals surface area (Å²) in [4.78, 5) is 41.8. The summed E-state index contributed by atoms with van der Waals surface area (Å²) in [7, 11) is 0. The Bertz CT molecular complexity index is 1540. The fourth-order valence-corrected chi connectivity index (χ4v) is 4.69. The molecule has 0 aliphatic heterocycles. The van der Waals surface area contributed by atoms with E-state index in [0.29, 0.717) is 10.1 Å². The molecule has 0 aliphatic rings. The lowest BCUT2D eigenvalue weighted by Gasteiger charge is -2.11. The molecule has 4 aromatic rings. The number of anilines is 1. The number of esters is 1. The Morgan fingerprint density at radius 1 is 1.14 bits per heavy atom. The molecule has 192 valence electrons. The van der Waals surface area contributed by atoms with Crippen LogP contribution < -0.4 is 5.32 Å². The van der Waals surface area contributed by atoms with Crippen LogP contribution in [0.3, 0.4) is 0 Å². The number of halogens is 4. The summed E-state index contributed by atoms with van der Waals surface area (Å²) < 4.78 is 60.3. The number of alkyl halides is 3. The van der Waals surface area contributed by atoms with Gasteiger partial charge >= 0.3 is 12.1 Å². The van der Waals surface area contributed by atoms with Crippen LogP contribution in [0.1, 0.15) is 55.6 Å². The Hall–Kier alpha value is -4.13. The molecule has 0 spiro atoms. The lowest BCUT2D eigenvalue weighted by atomic mass is 10.1. The number of carbonyl (C=O) groups excluding carboxylic acids is 3. The van der Waals surface area contributed by atoms with Gasteiger partial charge in [0.25, 0.3) is 5.91 Å². The number of nitrogens with zero attached hydrogens (tertiary/aromatic N) is 3. The molecule has 0 radical (unpaired) electrons. The largest absolute Gasteiger partial charge is 0.462 e. The van der Waals surface area contributed by atoms with Crippen LogP contribution in [0.15, 0.2) is 36.4 Å². The molecule has 37 heavy (non-hydrogen) atoms. The quantitative estimate of drug-likeness (QED) is 0.198. The number of fused-ring (bicyclic) bond motifs is 1. The average molecular weight is 534 g/mol. The minimum Gasteiger partial charge on any atom is -0.462 e. The fraction of sp³-hybridized carbons (Fsp3) is 0.208. The number of thiophene rings is 1. The Kier molecular flexibility index (Phi) is 6.82. The number of hydrogen-bond acceptors (Lipinski definition) is 7. The van der Waals surface area contributed by atoms with Gasteiger partial charge in [-0.2, -0.15) is 18.3 Å². The Morgan fingerprint density at radius 2 is 1.81 bits per heavy atom. The van der Waals surface area contributed by atoms with E-state index >= 15 is 0 Å². The summed E-state index contributed by atoms with van der Waals surface area (Å²) in [6, 6.07) is 6.53. The molecule has 8 nitrogen and oxygen atoms in total. The molecule has 1 amide bonds. The molecule has 0 bridgehead atoms. The van der Waals surface area contributed by atoms with E-state index in [-0.39, 0.29) is 44.7 Å². The van der Waals surface area contributed by atoms with Crippen LogP contribution in [0.5, 0.6) is 0 Å². The topological polar surface area (TPSA) is 103 Å². The van der Waals surface area contributed by atoms with Gasteiger partial charge in [0.2, 0.25) is 0 Å². The highest BCUT2D eigenvalue weighted by Gasteiger charge is 2.36. The fourth-order valence-electron chi connectivity index (χ4n) is 3.61. The van der Waals surface area contributed by atoms with Crippen molar-refractivity contribution in [2.75, 3.05) is 11.9 Å². The SMILES string of the molecule is CCOC(=O)c1c(NC(=O)c2cc3nc(-c4ccc(F)cc4)cc(C(F)(F)F)n3n2)sc(C(C)=O)c1C. The van der Waals surface area contributed by atoms with E-state index in [2.05, 4.69) is 15.4 Å². The number of hydrogen-bond donors (Lipinski definition) is 1. The third-order valence-electron chi connectivity index (χ3n) is 5.26. The molecule has 1 aromatic carbocycles. The van der Waals surface area contributed by atoms with Crippen LogP contribution in [-0.4, -0.2) is 38.9 Å². The molecule has 0 unspecified atom stereocenters. The maximum Gasteiger partial charge on any atom is 0.433 e. The van der Waals surface area contributed by atoms with Gasteiger partial charge in [-0.1, -0.05) is 0 Å². The molecule has 0 atom stereocenters. The second-order valence-electron chi connectivity index (χ2n) is 7.82. The van der Waals surface area contributed by atoms with E-state index in [0.717, 1.165) is 35.6 Å². The van der Waals surface area contributed by atoms with E-state index in [1.807, 2.05) is 0 Å². The molecular weight excluding hydrogens is 516 g/mol. The van der Waals surface area contributed by atoms with Crippen molar-refractivity contribution in [1.82, 2.24) is 14.6 Å². The molecule has 1 N–H and O–H groups in total. The molecule has 0 aliphatic carbocycles. The molecule has 0 saturated carbocycles. The van der Waals surface area contributed by atoms with Gasteiger partial charge in [-0.3, -0.25) is 9.59 Å². The number of amides is 1. The highest BCUT2D eigenvalue weighted by molar-refractivity contribution is 7.18. The molecule has 3 aromatic heterocycles. The summed E-state index contributed by atoms with van der Waals surface area (Å²) >= 11 is 0.843. The van der Waals surface area contributed by atoms with Crippen molar-refractivity contribution in [2.45, 2.75) is 26.9 Å². The van der Waals surface area contributed by atoms with E-state index in [1.165, 1.54) is 26.0 Å². The molecular formula is C24H18F4N4O4S. The van der Waals surface area contributed by atoms with Crippen LogP contribution in [-0.2, 0) is 10.9 Å². The summed E-state index contributed by atoms with van der Waals surface area (Å²) in [5.41, 5.74) is -1.49. The standard InChI is InChI=1S/C24H18F4N4O4S/c1-4-36-23(35)19-11(2)20(12(3)33)37-22(19)30-21(34)16-10-18-29-15(13-5-7-14(25)8-6-13)9-17(24(26,27)28)32(18)31-16/h5-10H,4H2,1-3H3,(H,30,34). The third kappa shape index (κ3) is 5.07. The van der Waals surface area contributed by atoms with Crippen molar-refractivity contribution in [1.29, 1.82) is 0 Å². The predicted molar refractivity (Wildman–Crippen MR) is 126 cm³/mol. The van der Waals surface area contributed by atoms with Gasteiger partial charge < -0.3 is 10.1 Å². The molecule has 3 heterocycles. The van der Waals surface area contributed by atoms with Crippen LogP contribution in [0.2, 0.25) is 0 Å². The minimum absolute atomic E-state index is 0.000730. The first-order valence-corrected chi connectivity index (χ1v) is 11.6. The lowest BCUT2D eigenvalue weighted by Crippen LogP contribution is -2.17. The highest BCUT2D eigenvalue weighted by atomic mass is 32.1. The number of rotatable bonds is 6. The zero-order chi connectivity index (χ0) is 27.1. The first-order valence-electron chi connectivity index (χ1n) is 10.8. The van der Waals surface area contributed by atoms with Gasteiger partial charge in [0.05, 0.1) is 22.7 Å². The molecule has 4 rings (SSSR count). The summed E-state index contributed by atoms with van der Waals surface area (Å²) in [6.07, 6.45) is -4.85. The van der Waals surface area contributed by atoms with Gasteiger partial charge in [0.1, 0.15) is 10.8 Å². The van der Waals surface area contributed by atoms with Gasteiger partial charge in [0.15, 0.2) is 22.8 Å². The second-order valence-corrected chi connectivity index (χ2v) is 8.84. The maximum absolute atomic E-state index is 13.8. The van der Waals surface area contributed by atoms with Crippen molar-refractivity contribution in [3.05, 3.63) is 69.6 Å². The van der Waals surface area contributed by atoms with Gasteiger partial charge in [-0.05, 0) is 56.7 Å². The zero-order valence-corrected chi connectivity index (χ0v) is 20.4. The van der Waals surface area contributed by atoms with Gasteiger partial charge in [-0.25, -0.2) is 18.7 Å². The number of Topliss-reactive ketones (excluding diaryl/α,β-unsaturated/α-hetero) is 1. The molecule has 0 saturated heterocycles. The minimum atomic E-state index is -4.85. The monoisotopic (exact) mass is 534 g/mol. The molecule has 13 heteroatoms. The summed E-state index contributed by atoms with van der Waals surface area (Å²) in [5, 5.41) is 6.24. The second kappa shape index (κ2) is 9.73. The van der Waals surface area contributed by atoms with Crippen LogP contribution >= 0.6 is 11.3 Å². The Balaban J connectivity index is 1.78. The van der Waals surface area contributed by atoms with Crippen LogP contribution in [0.4, 0.5) is 22.6 Å². The maximum atomic E-state index is 13.8. The lowest BCUT2D eigenvalue weighted by molar-refractivity contribution is -0.142. The van der Waals surface area contributed by atoms with Crippen molar-refractivity contribution >= 4 is 39.6 Å². The summed E-state index contributed by atoms with van der Waals surface area (Å²) in [5.74, 6) is -2.60. The van der Waals surface area contributed by atoms with E-state index in [9.17, 15) is 31.9 Å². The Labute approximate surface area is 210 Å². The van der Waals surface area contributed by atoms with Crippen molar-refractivity contribution < 1.29 is 36.7 Å². The average Bonchev–Trinajstić information content (AvgIpc) is 3.39. The Morgan fingerprint density at radius 3 is 2.41 bits per heavy atom. The first-order chi connectivity index (χ1) is 17.4. The number of ketones is 1. The van der Waals surface area contributed by atoms with Crippen molar-refractivity contribution in [2.24, 2.45) is 0 Å². The van der Waals surface area contributed by atoms with Gasteiger partial charge in [0, 0.05) is 11.6 Å². The normalized spacial score (nSPS) is 11.5. The van der Waals surface area contributed by atoms with Crippen molar-refractivity contribution in [3.63, 3.8) is 0 Å². The predicted octanol–water partition coefficient (Wildman–Crippen LogP) is 5.56. The smallest absolute Gasteiger partial charge is 0.433 e. The van der Waals surface area contributed by atoms with Crippen LogP contribution in [0, 0.1) is 12.7 Å². The van der Waals surface area contributed by atoms with Crippen LogP contribution in [0.25, 0.3) is 16.9 Å². The molecule has 0 fully saturated rings. The first kappa shape index (κ1) is 25.9.